The first kappa shape index (κ1) is 12.2. The van der Waals surface area contributed by atoms with Crippen LogP contribution < -0.4 is 0 Å². The first-order chi connectivity index (χ1) is 5.04. The maximum atomic E-state index is 12.5. The van der Waals surface area contributed by atoms with Gasteiger partial charge in [-0.15, -0.1) is 0 Å². The van der Waals surface area contributed by atoms with Gasteiger partial charge in [-0.1, -0.05) is 23.2 Å². The fourth-order valence-electron chi connectivity index (χ4n) is 0.544. The molecular weight excluding hydrogens is 265 g/mol. The summed E-state index contributed by atoms with van der Waals surface area (Å²) in [7, 11) is 0. The van der Waals surface area contributed by atoms with Crippen molar-refractivity contribution in [1.82, 2.24) is 0 Å². The normalized spacial score (nSPS) is 9.42. The van der Waals surface area contributed by atoms with Gasteiger partial charge in [0.25, 0.3) is 0 Å². The second-order valence-electron chi connectivity index (χ2n) is 1.78. The Kier molecular flexibility index (Phi) is 4.53. The molecular formula is C6HCl2F3Zn. The minimum atomic E-state index is -1.27. The number of benzene rings is 1. The first-order valence-corrected chi connectivity index (χ1v) is 3.28. The van der Waals surface area contributed by atoms with Crippen molar-refractivity contribution in [2.75, 3.05) is 0 Å². The molecule has 62 valence electrons. The topological polar surface area (TPSA) is 0 Å². The Morgan fingerprint density at radius 1 is 0.917 bits per heavy atom. The molecule has 12 heavy (non-hydrogen) atoms. The molecule has 0 radical (unpaired) electrons. The van der Waals surface area contributed by atoms with Gasteiger partial charge in [0.1, 0.15) is 21.7 Å². The zero-order valence-corrected chi connectivity index (χ0v) is 10.2. The Balaban J connectivity index is 0.00000121. The Morgan fingerprint density at radius 2 is 1.25 bits per heavy atom. The van der Waals surface area contributed by atoms with Crippen LogP contribution in [-0.2, 0) is 19.5 Å². The third kappa shape index (κ3) is 2.12. The van der Waals surface area contributed by atoms with E-state index in [4.69, 9.17) is 23.2 Å². The molecule has 0 heterocycles. The summed E-state index contributed by atoms with van der Waals surface area (Å²) in [6, 6.07) is 0.424. The van der Waals surface area contributed by atoms with E-state index >= 15 is 0 Å². The fourth-order valence-corrected chi connectivity index (χ4v) is 0.890. The number of hydrogen-bond donors (Lipinski definition) is 0. The van der Waals surface area contributed by atoms with Crippen LogP contribution in [-0.4, -0.2) is 0 Å². The summed E-state index contributed by atoms with van der Waals surface area (Å²) in [6.07, 6.45) is 0. The summed E-state index contributed by atoms with van der Waals surface area (Å²) >= 11 is 10.1. The van der Waals surface area contributed by atoms with Gasteiger partial charge >= 0.3 is 0 Å². The first-order valence-electron chi connectivity index (χ1n) is 2.52. The Morgan fingerprint density at radius 3 is 1.58 bits per heavy atom. The molecule has 0 nitrogen and oxygen atoms in total. The molecule has 0 bridgehead atoms. The maximum Gasteiger partial charge on any atom is 0.166 e. The minimum absolute atomic E-state index is 0. The maximum absolute atomic E-state index is 12.5. The zero-order chi connectivity index (χ0) is 8.59. The van der Waals surface area contributed by atoms with E-state index in [1.807, 2.05) is 0 Å². The van der Waals surface area contributed by atoms with Gasteiger partial charge in [-0.25, -0.2) is 13.2 Å². The molecule has 0 aliphatic rings. The van der Waals surface area contributed by atoms with Crippen LogP contribution in [0.1, 0.15) is 0 Å². The van der Waals surface area contributed by atoms with Crippen molar-refractivity contribution in [3.05, 3.63) is 33.6 Å². The van der Waals surface area contributed by atoms with E-state index < -0.39 is 27.5 Å². The molecule has 0 aromatic heterocycles. The summed E-state index contributed by atoms with van der Waals surface area (Å²) in [6.45, 7) is 0. The second-order valence-corrected chi connectivity index (χ2v) is 2.54. The Bertz CT molecular complexity index is 277. The summed E-state index contributed by atoms with van der Waals surface area (Å²) in [5.41, 5.74) is 0. The molecule has 0 aliphatic carbocycles. The molecule has 0 atom stereocenters. The molecule has 0 unspecified atom stereocenters. The molecule has 0 N–H and O–H groups in total. The zero-order valence-electron chi connectivity index (χ0n) is 5.67. The third-order valence-electron chi connectivity index (χ3n) is 1.06. The molecule has 0 spiro atoms. The Hall–Kier alpha value is 0.213. The van der Waals surface area contributed by atoms with Gasteiger partial charge in [-0.05, 0) is 0 Å². The Labute approximate surface area is 89.4 Å². The molecule has 0 aliphatic heterocycles. The molecule has 0 saturated carbocycles. The standard InChI is InChI=1S/C6HCl2F3.Zn/c7-4-2(9)1-3(10)5(8)6(4)11;/h1H;. The van der Waals surface area contributed by atoms with Crippen molar-refractivity contribution in [3.8, 4) is 0 Å². The molecule has 1 aromatic carbocycles. The summed E-state index contributed by atoms with van der Waals surface area (Å²) in [4.78, 5) is 0. The second kappa shape index (κ2) is 4.45. The molecule has 0 fully saturated rings. The van der Waals surface area contributed by atoms with Crippen LogP contribution in [0.15, 0.2) is 6.07 Å². The van der Waals surface area contributed by atoms with E-state index in [-0.39, 0.29) is 19.5 Å². The molecule has 0 amide bonds. The number of hydrogen-bond acceptors (Lipinski definition) is 0. The van der Waals surface area contributed by atoms with Gasteiger partial charge in [0.2, 0.25) is 0 Å². The van der Waals surface area contributed by atoms with Crippen LogP contribution in [0.4, 0.5) is 13.2 Å². The van der Waals surface area contributed by atoms with Gasteiger partial charge < -0.3 is 0 Å². The fraction of sp³-hybridized carbons (Fsp3) is 0. The van der Waals surface area contributed by atoms with E-state index in [1.165, 1.54) is 0 Å². The van der Waals surface area contributed by atoms with E-state index in [0.717, 1.165) is 0 Å². The van der Waals surface area contributed by atoms with Crippen molar-refractivity contribution in [1.29, 1.82) is 0 Å². The molecule has 0 saturated heterocycles. The summed E-state index contributed by atoms with van der Waals surface area (Å²) < 4.78 is 37.2. The van der Waals surface area contributed by atoms with Crippen molar-refractivity contribution < 1.29 is 32.6 Å². The molecule has 1 rings (SSSR count). The average Bonchev–Trinajstić information content (AvgIpc) is 1.97. The van der Waals surface area contributed by atoms with Crippen LogP contribution in [0.2, 0.25) is 10.0 Å². The molecule has 1 aromatic rings. The summed E-state index contributed by atoms with van der Waals surface area (Å²) in [5, 5.41) is -1.59. The van der Waals surface area contributed by atoms with E-state index in [9.17, 15) is 13.2 Å². The predicted octanol–water partition coefficient (Wildman–Crippen LogP) is 3.41. The average molecular weight is 266 g/mol. The van der Waals surface area contributed by atoms with Gasteiger partial charge in [-0.2, -0.15) is 0 Å². The van der Waals surface area contributed by atoms with Crippen LogP contribution in [0.3, 0.4) is 0 Å². The SMILES string of the molecule is Fc1cc(F)c(Cl)c(F)c1Cl.[Zn]. The van der Waals surface area contributed by atoms with Crippen LogP contribution >= 0.6 is 23.2 Å². The van der Waals surface area contributed by atoms with Crippen molar-refractivity contribution in [2.45, 2.75) is 0 Å². The largest absolute Gasteiger partial charge is 0.205 e. The van der Waals surface area contributed by atoms with Gasteiger partial charge in [0.15, 0.2) is 5.82 Å². The monoisotopic (exact) mass is 264 g/mol. The van der Waals surface area contributed by atoms with E-state index in [2.05, 4.69) is 0 Å². The molecule has 6 heteroatoms. The van der Waals surface area contributed by atoms with E-state index in [0.29, 0.717) is 6.07 Å². The summed E-state index contributed by atoms with van der Waals surface area (Å²) in [5.74, 6) is -3.59. The van der Waals surface area contributed by atoms with Gasteiger partial charge in [-0.3, -0.25) is 0 Å². The van der Waals surface area contributed by atoms with Crippen molar-refractivity contribution in [2.24, 2.45) is 0 Å². The quantitative estimate of drug-likeness (QED) is 0.383. The number of halogens is 5. The predicted molar refractivity (Wildman–Crippen MR) is 36.3 cm³/mol. The third-order valence-corrected chi connectivity index (χ3v) is 1.75. The van der Waals surface area contributed by atoms with Crippen LogP contribution in [0.5, 0.6) is 0 Å². The van der Waals surface area contributed by atoms with Gasteiger partial charge in [0.05, 0.1) is 0 Å². The smallest absolute Gasteiger partial charge is 0.166 e. The van der Waals surface area contributed by atoms with E-state index in [1.54, 1.807) is 0 Å². The van der Waals surface area contributed by atoms with Gasteiger partial charge in [0, 0.05) is 25.5 Å². The van der Waals surface area contributed by atoms with Crippen molar-refractivity contribution in [3.63, 3.8) is 0 Å². The van der Waals surface area contributed by atoms with Crippen LogP contribution in [0.25, 0.3) is 0 Å². The van der Waals surface area contributed by atoms with Crippen LogP contribution in [0, 0.1) is 17.5 Å². The minimum Gasteiger partial charge on any atom is -0.205 e. The number of rotatable bonds is 0. The van der Waals surface area contributed by atoms with Crippen molar-refractivity contribution >= 4 is 23.2 Å².